The first kappa shape index (κ1) is 14.3. The normalized spacial score (nSPS) is 10.1. The summed E-state index contributed by atoms with van der Waals surface area (Å²) in [5.74, 6) is 0.373. The fraction of sp³-hybridized carbons (Fsp3) is 0.286. The largest absolute Gasteiger partial charge is 0.481 e. The van der Waals surface area contributed by atoms with E-state index in [1.54, 1.807) is 30.7 Å². The van der Waals surface area contributed by atoms with Gasteiger partial charge in [-0.05, 0) is 18.2 Å². The van der Waals surface area contributed by atoms with E-state index in [2.05, 4.69) is 15.0 Å². The Morgan fingerprint density at radius 1 is 1.25 bits per heavy atom. The molecule has 0 aliphatic carbocycles. The SMILES string of the molecule is COC(=O)Cc1ccc(CNc2ccc(OC)nc2)s1. The highest BCUT2D eigenvalue weighted by Crippen LogP contribution is 2.19. The molecule has 0 aliphatic heterocycles. The number of esters is 1. The number of rotatable bonds is 6. The lowest BCUT2D eigenvalue weighted by molar-refractivity contribution is -0.139. The minimum Gasteiger partial charge on any atom is -0.481 e. The average Bonchev–Trinajstić information content (AvgIpc) is 2.93. The van der Waals surface area contributed by atoms with Crippen molar-refractivity contribution < 1.29 is 14.3 Å². The summed E-state index contributed by atoms with van der Waals surface area (Å²) < 4.78 is 9.65. The summed E-state index contributed by atoms with van der Waals surface area (Å²) in [6.45, 7) is 0.694. The maximum atomic E-state index is 11.2. The Labute approximate surface area is 121 Å². The first-order valence-electron chi connectivity index (χ1n) is 6.09. The smallest absolute Gasteiger partial charge is 0.310 e. The van der Waals surface area contributed by atoms with E-state index in [9.17, 15) is 4.79 Å². The fourth-order valence-corrected chi connectivity index (χ4v) is 2.56. The molecule has 0 unspecified atom stereocenters. The van der Waals surface area contributed by atoms with Gasteiger partial charge < -0.3 is 14.8 Å². The molecule has 2 rings (SSSR count). The Morgan fingerprint density at radius 2 is 2.05 bits per heavy atom. The van der Waals surface area contributed by atoms with Gasteiger partial charge >= 0.3 is 5.97 Å². The van der Waals surface area contributed by atoms with Crippen LogP contribution in [0, 0.1) is 0 Å². The van der Waals surface area contributed by atoms with Crippen LogP contribution in [0.15, 0.2) is 30.5 Å². The second-order valence-electron chi connectivity index (χ2n) is 4.06. The van der Waals surface area contributed by atoms with E-state index in [0.717, 1.165) is 15.4 Å². The van der Waals surface area contributed by atoms with Crippen molar-refractivity contribution in [2.75, 3.05) is 19.5 Å². The zero-order chi connectivity index (χ0) is 14.4. The number of nitrogens with one attached hydrogen (secondary N) is 1. The van der Waals surface area contributed by atoms with Gasteiger partial charge in [0.05, 0.1) is 32.5 Å². The average molecular weight is 292 g/mol. The summed E-state index contributed by atoms with van der Waals surface area (Å²) in [5.41, 5.74) is 0.925. The van der Waals surface area contributed by atoms with E-state index in [1.165, 1.54) is 7.11 Å². The fourth-order valence-electron chi connectivity index (χ4n) is 1.62. The highest BCUT2D eigenvalue weighted by molar-refractivity contribution is 7.12. The van der Waals surface area contributed by atoms with Crippen molar-refractivity contribution in [3.05, 3.63) is 40.2 Å². The predicted molar refractivity (Wildman–Crippen MR) is 78.2 cm³/mol. The Morgan fingerprint density at radius 3 is 2.70 bits per heavy atom. The number of nitrogens with zero attached hydrogens (tertiary/aromatic N) is 1. The lowest BCUT2D eigenvalue weighted by Crippen LogP contribution is -2.02. The van der Waals surface area contributed by atoms with Crippen LogP contribution >= 0.6 is 11.3 Å². The highest BCUT2D eigenvalue weighted by atomic mass is 32.1. The van der Waals surface area contributed by atoms with Crippen LogP contribution in [-0.2, 0) is 22.5 Å². The van der Waals surface area contributed by atoms with Crippen molar-refractivity contribution in [2.24, 2.45) is 0 Å². The molecule has 0 atom stereocenters. The van der Waals surface area contributed by atoms with Gasteiger partial charge in [0.2, 0.25) is 5.88 Å². The molecule has 2 aromatic heterocycles. The molecular formula is C14H16N2O3S. The van der Waals surface area contributed by atoms with Gasteiger partial charge in [0.25, 0.3) is 0 Å². The highest BCUT2D eigenvalue weighted by Gasteiger charge is 2.06. The van der Waals surface area contributed by atoms with Crippen LogP contribution in [0.3, 0.4) is 0 Å². The lowest BCUT2D eigenvalue weighted by atomic mass is 10.3. The van der Waals surface area contributed by atoms with Gasteiger partial charge in [-0.15, -0.1) is 11.3 Å². The summed E-state index contributed by atoms with van der Waals surface area (Å²) in [7, 11) is 2.99. The summed E-state index contributed by atoms with van der Waals surface area (Å²) >= 11 is 1.60. The molecule has 0 aliphatic rings. The van der Waals surface area contributed by atoms with Crippen molar-refractivity contribution in [1.82, 2.24) is 4.98 Å². The van der Waals surface area contributed by atoms with Crippen LogP contribution in [0.1, 0.15) is 9.75 Å². The molecule has 0 fully saturated rings. The Kier molecular flexibility index (Phi) is 4.95. The number of hydrogen-bond acceptors (Lipinski definition) is 6. The first-order valence-corrected chi connectivity index (χ1v) is 6.91. The zero-order valence-electron chi connectivity index (χ0n) is 11.4. The second-order valence-corrected chi connectivity index (χ2v) is 5.32. The molecule has 0 bridgehead atoms. The van der Waals surface area contributed by atoms with Gasteiger partial charge in [-0.2, -0.15) is 0 Å². The maximum Gasteiger partial charge on any atom is 0.310 e. The van der Waals surface area contributed by atoms with Crippen LogP contribution in [0.25, 0.3) is 0 Å². The van der Waals surface area contributed by atoms with Crippen molar-refractivity contribution in [3.8, 4) is 5.88 Å². The van der Waals surface area contributed by atoms with Gasteiger partial charge in [-0.25, -0.2) is 4.98 Å². The number of anilines is 1. The third-order valence-electron chi connectivity index (χ3n) is 2.68. The molecule has 0 radical (unpaired) electrons. The van der Waals surface area contributed by atoms with E-state index in [1.807, 2.05) is 18.2 Å². The molecule has 0 spiro atoms. The van der Waals surface area contributed by atoms with Crippen LogP contribution in [-0.4, -0.2) is 25.2 Å². The molecule has 106 valence electrons. The molecule has 1 N–H and O–H groups in total. The topological polar surface area (TPSA) is 60.5 Å². The van der Waals surface area contributed by atoms with Crippen LogP contribution in [0.5, 0.6) is 5.88 Å². The summed E-state index contributed by atoms with van der Waals surface area (Å²) in [6, 6.07) is 7.67. The van der Waals surface area contributed by atoms with E-state index < -0.39 is 0 Å². The molecule has 0 saturated carbocycles. The third kappa shape index (κ3) is 3.96. The molecule has 5 nitrogen and oxygen atoms in total. The van der Waals surface area contributed by atoms with E-state index in [-0.39, 0.29) is 5.97 Å². The second kappa shape index (κ2) is 6.91. The monoisotopic (exact) mass is 292 g/mol. The molecule has 2 heterocycles. The summed E-state index contributed by atoms with van der Waals surface area (Å²) in [6.07, 6.45) is 2.05. The molecule has 0 aromatic carbocycles. The Hall–Kier alpha value is -2.08. The van der Waals surface area contributed by atoms with Crippen LogP contribution < -0.4 is 10.1 Å². The molecule has 2 aromatic rings. The minimum atomic E-state index is -0.217. The van der Waals surface area contributed by atoms with E-state index in [4.69, 9.17) is 4.74 Å². The van der Waals surface area contributed by atoms with Crippen molar-refractivity contribution >= 4 is 23.0 Å². The Balaban J connectivity index is 1.88. The quantitative estimate of drug-likeness (QED) is 0.829. The van der Waals surface area contributed by atoms with Gasteiger partial charge in [-0.1, -0.05) is 0 Å². The maximum absolute atomic E-state index is 11.2. The summed E-state index contributed by atoms with van der Waals surface area (Å²) in [4.78, 5) is 17.5. The molecule has 0 saturated heterocycles. The number of ether oxygens (including phenoxy) is 2. The van der Waals surface area contributed by atoms with Crippen molar-refractivity contribution in [2.45, 2.75) is 13.0 Å². The number of carbonyl (C=O) groups excluding carboxylic acids is 1. The lowest BCUT2D eigenvalue weighted by Gasteiger charge is -2.05. The number of aromatic nitrogens is 1. The van der Waals surface area contributed by atoms with Gasteiger partial charge in [0.1, 0.15) is 0 Å². The zero-order valence-corrected chi connectivity index (χ0v) is 12.2. The van der Waals surface area contributed by atoms with E-state index in [0.29, 0.717) is 18.8 Å². The molecular weight excluding hydrogens is 276 g/mol. The minimum absolute atomic E-state index is 0.217. The molecule has 6 heteroatoms. The molecule has 20 heavy (non-hydrogen) atoms. The van der Waals surface area contributed by atoms with E-state index >= 15 is 0 Å². The third-order valence-corrected chi connectivity index (χ3v) is 3.76. The van der Waals surface area contributed by atoms with Crippen molar-refractivity contribution in [1.29, 1.82) is 0 Å². The predicted octanol–water partition coefficient (Wildman–Crippen LogP) is 2.48. The number of thiophene rings is 1. The number of pyridine rings is 1. The van der Waals surface area contributed by atoms with Gasteiger partial charge in [0, 0.05) is 22.4 Å². The first-order chi connectivity index (χ1) is 9.71. The van der Waals surface area contributed by atoms with Crippen LogP contribution in [0.4, 0.5) is 5.69 Å². The van der Waals surface area contributed by atoms with Gasteiger partial charge in [-0.3, -0.25) is 4.79 Å². The number of hydrogen-bond donors (Lipinski definition) is 1. The van der Waals surface area contributed by atoms with Crippen molar-refractivity contribution in [3.63, 3.8) is 0 Å². The number of methoxy groups -OCH3 is 2. The standard InChI is InChI=1S/C14H16N2O3S/c1-18-13-6-3-10(8-16-13)15-9-12-5-4-11(20-12)7-14(17)19-2/h3-6,8,15H,7,9H2,1-2H3. The molecule has 0 amide bonds. The number of carbonyl (C=O) groups is 1. The van der Waals surface area contributed by atoms with Gasteiger partial charge in [0.15, 0.2) is 0 Å². The Bertz CT molecular complexity index is 566. The van der Waals surface area contributed by atoms with Crippen LogP contribution in [0.2, 0.25) is 0 Å². The summed E-state index contributed by atoms with van der Waals surface area (Å²) in [5, 5.41) is 3.27.